The average Bonchev–Trinajstić information content (AvgIpc) is 2.52. The fourth-order valence-electron chi connectivity index (χ4n) is 3.90. The van der Waals surface area contributed by atoms with Gasteiger partial charge in [-0.05, 0) is 44.5 Å². The molecule has 0 aromatic heterocycles. The number of rotatable bonds is 0. The standard InChI is InChI=1S/C20H14O/c21-16-8-6-14-10-15-5-4-12-2-1-3-13-7-9-17(18(14)11-16)20(15)19(12)13/h1-11,14,18,21H. The summed E-state index contributed by atoms with van der Waals surface area (Å²) in [6, 6.07) is 15.3. The van der Waals surface area contributed by atoms with E-state index in [0.717, 1.165) is 0 Å². The van der Waals surface area contributed by atoms with E-state index in [9.17, 15) is 5.11 Å². The summed E-state index contributed by atoms with van der Waals surface area (Å²) in [6.07, 6.45) is 8.23. The number of fused-ring (bicyclic) bond motifs is 2. The van der Waals surface area contributed by atoms with Gasteiger partial charge in [-0.1, -0.05) is 54.6 Å². The largest absolute Gasteiger partial charge is 0.508 e. The zero-order valence-corrected chi connectivity index (χ0v) is 11.5. The van der Waals surface area contributed by atoms with Crippen molar-refractivity contribution in [3.63, 3.8) is 0 Å². The van der Waals surface area contributed by atoms with E-state index >= 15 is 0 Å². The van der Waals surface area contributed by atoms with Crippen molar-refractivity contribution in [1.29, 1.82) is 0 Å². The summed E-state index contributed by atoms with van der Waals surface area (Å²) in [5, 5.41) is 16.5. The first-order valence-corrected chi connectivity index (χ1v) is 7.36. The monoisotopic (exact) mass is 270 g/mol. The Morgan fingerprint density at radius 2 is 1.62 bits per heavy atom. The van der Waals surface area contributed by atoms with Crippen LogP contribution in [0.1, 0.15) is 11.5 Å². The van der Waals surface area contributed by atoms with Crippen molar-refractivity contribution in [2.75, 3.05) is 0 Å². The molecule has 0 radical (unpaired) electrons. The lowest BCUT2D eigenvalue weighted by Crippen LogP contribution is -2.21. The van der Waals surface area contributed by atoms with Crippen molar-refractivity contribution >= 4 is 27.6 Å². The summed E-state index contributed by atoms with van der Waals surface area (Å²) in [7, 11) is 0. The van der Waals surface area contributed by atoms with Crippen LogP contribution >= 0.6 is 0 Å². The molecule has 2 unspecified atom stereocenters. The van der Waals surface area contributed by atoms with Gasteiger partial charge in [-0.15, -0.1) is 0 Å². The van der Waals surface area contributed by atoms with E-state index in [4.69, 9.17) is 0 Å². The molecule has 0 saturated carbocycles. The molecule has 0 fully saturated rings. The minimum absolute atomic E-state index is 0.248. The fourth-order valence-corrected chi connectivity index (χ4v) is 3.90. The highest BCUT2D eigenvalue weighted by molar-refractivity contribution is 6.12. The lowest BCUT2D eigenvalue weighted by molar-refractivity contribution is 0.420. The van der Waals surface area contributed by atoms with Crippen molar-refractivity contribution in [2.24, 2.45) is 5.92 Å². The van der Waals surface area contributed by atoms with Gasteiger partial charge < -0.3 is 5.11 Å². The Bertz CT molecular complexity index is 991. The minimum Gasteiger partial charge on any atom is -0.508 e. The number of allylic oxidation sites excluding steroid dienone is 3. The normalized spacial score (nSPS) is 23.0. The highest BCUT2D eigenvalue weighted by Gasteiger charge is 2.26. The molecule has 21 heavy (non-hydrogen) atoms. The molecular formula is C20H14O. The number of hydrogen-bond donors (Lipinski definition) is 1. The van der Waals surface area contributed by atoms with E-state index in [-0.39, 0.29) is 5.92 Å². The molecule has 0 amide bonds. The van der Waals surface area contributed by atoms with Crippen LogP contribution in [0.3, 0.4) is 0 Å². The van der Waals surface area contributed by atoms with Crippen LogP contribution in [0.4, 0.5) is 0 Å². The number of aliphatic hydroxyl groups is 1. The van der Waals surface area contributed by atoms with E-state index in [0.29, 0.717) is 11.7 Å². The number of hydrogen-bond acceptors (Lipinski definition) is 1. The Morgan fingerprint density at radius 3 is 2.48 bits per heavy atom. The van der Waals surface area contributed by atoms with E-state index in [1.54, 1.807) is 0 Å². The summed E-state index contributed by atoms with van der Waals surface area (Å²) in [6.45, 7) is 0. The molecule has 100 valence electrons. The predicted molar refractivity (Wildman–Crippen MR) is 87.2 cm³/mol. The molecule has 5 rings (SSSR count). The predicted octanol–water partition coefficient (Wildman–Crippen LogP) is 4.22. The minimum atomic E-state index is 0.248. The van der Waals surface area contributed by atoms with Crippen molar-refractivity contribution in [1.82, 2.24) is 0 Å². The number of benzene rings is 3. The first-order valence-electron chi connectivity index (χ1n) is 7.36. The molecule has 2 aliphatic carbocycles. The third-order valence-corrected chi connectivity index (χ3v) is 4.83. The Hall–Kier alpha value is -2.54. The topological polar surface area (TPSA) is 20.2 Å². The second-order valence-electron chi connectivity index (χ2n) is 5.98. The SMILES string of the molecule is OC1=CC2c3ccc4cccc5ccc(c3c45)=CC2C=C1. The molecular weight excluding hydrogens is 256 g/mol. The molecule has 0 spiro atoms. The molecule has 0 bridgehead atoms. The Morgan fingerprint density at radius 1 is 0.810 bits per heavy atom. The summed E-state index contributed by atoms with van der Waals surface area (Å²) in [5.74, 6) is 0.966. The molecule has 2 atom stereocenters. The van der Waals surface area contributed by atoms with Crippen molar-refractivity contribution in [3.05, 3.63) is 77.2 Å². The maximum absolute atomic E-state index is 9.86. The molecule has 1 N–H and O–H groups in total. The molecule has 0 heterocycles. The molecule has 0 saturated heterocycles. The van der Waals surface area contributed by atoms with Crippen LogP contribution in [0.2, 0.25) is 0 Å². The van der Waals surface area contributed by atoms with Gasteiger partial charge in [0, 0.05) is 11.8 Å². The van der Waals surface area contributed by atoms with Crippen molar-refractivity contribution in [2.45, 2.75) is 5.92 Å². The molecule has 0 aliphatic heterocycles. The zero-order chi connectivity index (χ0) is 14.0. The lowest BCUT2D eigenvalue weighted by Gasteiger charge is -2.28. The Labute approximate surface area is 122 Å². The van der Waals surface area contributed by atoms with Gasteiger partial charge in [-0.3, -0.25) is 0 Å². The molecule has 3 aromatic carbocycles. The smallest absolute Gasteiger partial charge is 0.111 e. The van der Waals surface area contributed by atoms with Crippen LogP contribution in [-0.4, -0.2) is 5.11 Å². The van der Waals surface area contributed by atoms with Crippen LogP contribution in [0.15, 0.2) is 66.5 Å². The Kier molecular flexibility index (Phi) is 2.00. The van der Waals surface area contributed by atoms with Gasteiger partial charge in [-0.2, -0.15) is 0 Å². The van der Waals surface area contributed by atoms with Crippen molar-refractivity contribution < 1.29 is 5.11 Å². The summed E-state index contributed by atoms with van der Waals surface area (Å²) < 4.78 is 0. The molecule has 1 heteroatoms. The quantitative estimate of drug-likeness (QED) is 0.648. The number of aliphatic hydroxyl groups excluding tert-OH is 1. The van der Waals surface area contributed by atoms with Crippen molar-refractivity contribution in [3.8, 4) is 0 Å². The van der Waals surface area contributed by atoms with Gasteiger partial charge in [0.25, 0.3) is 0 Å². The Balaban J connectivity index is 2.00. The van der Waals surface area contributed by atoms with Crippen LogP contribution in [0, 0.1) is 5.92 Å². The van der Waals surface area contributed by atoms with E-state index in [2.05, 4.69) is 54.6 Å². The summed E-state index contributed by atoms with van der Waals surface area (Å²) >= 11 is 0. The zero-order valence-electron chi connectivity index (χ0n) is 11.5. The first-order chi connectivity index (χ1) is 10.3. The van der Waals surface area contributed by atoms with Gasteiger partial charge in [0.1, 0.15) is 5.76 Å². The van der Waals surface area contributed by atoms with E-state index in [1.807, 2.05) is 12.2 Å². The first kappa shape index (κ1) is 11.2. The lowest BCUT2D eigenvalue weighted by atomic mass is 9.75. The van der Waals surface area contributed by atoms with Crippen LogP contribution in [0.25, 0.3) is 27.6 Å². The van der Waals surface area contributed by atoms with Gasteiger partial charge in [-0.25, -0.2) is 0 Å². The maximum Gasteiger partial charge on any atom is 0.111 e. The van der Waals surface area contributed by atoms with Gasteiger partial charge in [0.05, 0.1) is 0 Å². The van der Waals surface area contributed by atoms with Crippen LogP contribution < -0.4 is 5.22 Å². The highest BCUT2D eigenvalue weighted by Crippen LogP contribution is 2.40. The fraction of sp³-hybridized carbons (Fsp3) is 0.100. The van der Waals surface area contributed by atoms with Crippen LogP contribution in [0.5, 0.6) is 0 Å². The molecule has 3 aromatic rings. The third kappa shape index (κ3) is 1.41. The molecule has 2 aliphatic rings. The van der Waals surface area contributed by atoms with Crippen LogP contribution in [-0.2, 0) is 0 Å². The highest BCUT2D eigenvalue weighted by atomic mass is 16.3. The van der Waals surface area contributed by atoms with Gasteiger partial charge in [0.15, 0.2) is 0 Å². The summed E-state index contributed by atoms with van der Waals surface area (Å²) in [4.78, 5) is 0. The molecule has 1 nitrogen and oxygen atoms in total. The third-order valence-electron chi connectivity index (χ3n) is 4.83. The van der Waals surface area contributed by atoms with E-state index < -0.39 is 0 Å². The van der Waals surface area contributed by atoms with E-state index in [1.165, 1.54) is 32.3 Å². The van der Waals surface area contributed by atoms with Gasteiger partial charge in [0.2, 0.25) is 0 Å². The second-order valence-corrected chi connectivity index (χ2v) is 5.98. The summed E-state index contributed by atoms with van der Waals surface area (Å²) in [5.41, 5.74) is 1.33. The van der Waals surface area contributed by atoms with Gasteiger partial charge >= 0.3 is 0 Å². The maximum atomic E-state index is 9.86. The second kappa shape index (κ2) is 3.76. The average molecular weight is 270 g/mol.